The molecule has 0 bridgehead atoms. The maximum atomic E-state index is 11.0. The van der Waals surface area contributed by atoms with Crippen molar-refractivity contribution < 1.29 is 9.90 Å². The lowest BCUT2D eigenvalue weighted by atomic mass is 9.79. The Labute approximate surface area is 245 Å². The molecule has 2 heterocycles. The van der Waals surface area contributed by atoms with E-state index >= 15 is 0 Å². The Hall–Kier alpha value is -2.34. The van der Waals surface area contributed by atoms with Crippen LogP contribution in [-0.2, 0) is 30.6 Å². The lowest BCUT2D eigenvalue weighted by Crippen LogP contribution is -2.20. The van der Waals surface area contributed by atoms with Gasteiger partial charge in [0.05, 0.1) is 5.69 Å². The molecule has 1 aliphatic heterocycles. The second-order valence-corrected chi connectivity index (χ2v) is 11.2. The second kappa shape index (κ2) is 14.9. The fraction of sp³-hybridized carbons (Fsp3) is 0.500. The molecule has 0 radical (unpaired) electrons. The molecule has 0 spiro atoms. The Morgan fingerprint density at radius 1 is 0.974 bits per heavy atom. The number of carboxylic acids is 1. The first-order valence-electron chi connectivity index (χ1n) is 14.2. The van der Waals surface area contributed by atoms with Crippen LogP contribution in [-0.4, -0.2) is 45.7 Å². The molecule has 1 aliphatic carbocycles. The third-order valence-corrected chi connectivity index (χ3v) is 8.52. The molecule has 1 fully saturated rings. The molecule has 3 aromatic rings. The third kappa shape index (κ3) is 8.33. The molecule has 0 unspecified atom stereocenters. The van der Waals surface area contributed by atoms with Crippen LogP contribution < -0.4 is 0 Å². The highest BCUT2D eigenvalue weighted by Crippen LogP contribution is 2.38. The summed E-state index contributed by atoms with van der Waals surface area (Å²) in [6.07, 6.45) is 12.2. The highest BCUT2D eigenvalue weighted by Gasteiger charge is 2.27. The molecular formula is C32H43Cl2N3O2. The van der Waals surface area contributed by atoms with Crippen LogP contribution in [0.4, 0.5) is 0 Å². The molecule has 1 N–H and O–H groups in total. The fourth-order valence-corrected chi connectivity index (χ4v) is 6.21. The molecule has 39 heavy (non-hydrogen) atoms. The average molecular weight is 573 g/mol. The summed E-state index contributed by atoms with van der Waals surface area (Å²) in [5, 5.41) is 9.07. The Balaban J connectivity index is 0.00000210. The van der Waals surface area contributed by atoms with Crippen LogP contribution in [0.2, 0.25) is 0 Å². The third-order valence-electron chi connectivity index (χ3n) is 8.52. The topological polar surface area (TPSA) is 58.4 Å². The molecule has 2 aromatic carbocycles. The summed E-state index contributed by atoms with van der Waals surface area (Å²) >= 11 is 0. The summed E-state index contributed by atoms with van der Waals surface area (Å²) in [5.41, 5.74) is 6.68. The number of carboxylic acid groups (broad SMARTS) is 1. The number of halogens is 2. The Bertz CT molecular complexity index is 1190. The van der Waals surface area contributed by atoms with Crippen molar-refractivity contribution in [2.24, 2.45) is 5.92 Å². The van der Waals surface area contributed by atoms with Crippen LogP contribution in [0.25, 0.3) is 11.3 Å². The van der Waals surface area contributed by atoms with E-state index in [1.54, 1.807) is 0 Å². The SMILES string of the molecule is CN1CCc2ccc(-c3cn(CCCc4ccccc4)c([C@H]4CC[C@H](CCC(=O)O)CC4)n3)cc2CC1.Cl.Cl. The number of likely N-dealkylation sites (N-methyl/N-ethyl adjacent to an activating group) is 1. The Morgan fingerprint density at radius 3 is 2.41 bits per heavy atom. The number of carbonyl (C=O) groups is 1. The van der Waals surface area contributed by atoms with Crippen LogP contribution in [0.5, 0.6) is 0 Å². The quantitative estimate of drug-likeness (QED) is 0.295. The minimum atomic E-state index is -0.673. The predicted molar refractivity (Wildman–Crippen MR) is 163 cm³/mol. The van der Waals surface area contributed by atoms with Crippen LogP contribution >= 0.6 is 24.8 Å². The van der Waals surface area contributed by atoms with E-state index in [4.69, 9.17) is 10.1 Å². The largest absolute Gasteiger partial charge is 0.481 e. The van der Waals surface area contributed by atoms with Crippen molar-refractivity contribution in [3.8, 4) is 11.3 Å². The van der Waals surface area contributed by atoms with Crippen LogP contribution in [0.15, 0.2) is 54.7 Å². The lowest BCUT2D eigenvalue weighted by molar-refractivity contribution is -0.137. The minimum Gasteiger partial charge on any atom is -0.481 e. The molecule has 1 saturated carbocycles. The number of rotatable bonds is 9. The zero-order valence-corrected chi connectivity index (χ0v) is 24.7. The molecule has 2 aliphatic rings. The highest BCUT2D eigenvalue weighted by atomic mass is 35.5. The number of fused-ring (bicyclic) bond motifs is 1. The monoisotopic (exact) mass is 571 g/mol. The normalized spacial score (nSPS) is 19.3. The number of benzene rings is 2. The van der Waals surface area contributed by atoms with Crippen LogP contribution in [0.3, 0.4) is 0 Å². The number of imidazole rings is 1. The zero-order valence-electron chi connectivity index (χ0n) is 23.1. The molecule has 1 aromatic heterocycles. The number of nitrogens with zero attached hydrogens (tertiary/aromatic N) is 3. The van der Waals surface area contributed by atoms with Gasteiger partial charge in [-0.1, -0.05) is 42.5 Å². The molecule has 7 heteroatoms. The number of aliphatic carboxylic acids is 1. The first-order valence-corrected chi connectivity index (χ1v) is 14.2. The molecule has 0 atom stereocenters. The van der Waals surface area contributed by atoms with Gasteiger partial charge in [0.25, 0.3) is 0 Å². The first kappa shape index (κ1) is 31.2. The number of aromatic nitrogens is 2. The maximum absolute atomic E-state index is 11.0. The minimum absolute atomic E-state index is 0. The maximum Gasteiger partial charge on any atom is 0.303 e. The Morgan fingerprint density at radius 2 is 1.69 bits per heavy atom. The standard InChI is InChI=1S/C32H41N3O2.2ClH/c1-34-20-17-26-14-15-29(22-28(26)18-21-34)30-23-35(19-5-8-24-6-3-2-4-7-24)32(33-30)27-12-9-25(10-13-27)11-16-31(36)37;;/h2-4,6-7,14-15,22-23,25,27H,5,8-13,16-21H2,1H3,(H,36,37);2*1H/t25-,27-;;. The van der Waals surface area contributed by atoms with Crippen molar-refractivity contribution in [1.82, 2.24) is 14.5 Å². The van der Waals surface area contributed by atoms with E-state index in [0.29, 0.717) is 18.3 Å². The van der Waals surface area contributed by atoms with Gasteiger partial charge in [-0.05, 0) is 93.5 Å². The Kier molecular flexibility index (Phi) is 11.9. The summed E-state index contributed by atoms with van der Waals surface area (Å²) in [7, 11) is 2.21. The van der Waals surface area contributed by atoms with E-state index < -0.39 is 5.97 Å². The van der Waals surface area contributed by atoms with Gasteiger partial charge in [0.2, 0.25) is 0 Å². The predicted octanol–water partition coefficient (Wildman–Crippen LogP) is 7.20. The number of hydrogen-bond acceptors (Lipinski definition) is 3. The summed E-state index contributed by atoms with van der Waals surface area (Å²) in [4.78, 5) is 18.7. The smallest absolute Gasteiger partial charge is 0.303 e. The van der Waals surface area contributed by atoms with E-state index in [0.717, 1.165) is 83.1 Å². The van der Waals surface area contributed by atoms with Gasteiger partial charge in [-0.3, -0.25) is 4.79 Å². The van der Waals surface area contributed by atoms with E-state index in [1.165, 1.54) is 28.1 Å². The number of aryl methyl sites for hydroxylation is 2. The molecular weight excluding hydrogens is 529 g/mol. The van der Waals surface area contributed by atoms with Gasteiger partial charge in [0.15, 0.2) is 0 Å². The molecule has 212 valence electrons. The van der Waals surface area contributed by atoms with Crippen molar-refractivity contribution in [3.05, 3.63) is 77.2 Å². The average Bonchev–Trinajstić information content (AvgIpc) is 3.25. The van der Waals surface area contributed by atoms with Crippen molar-refractivity contribution in [2.75, 3.05) is 20.1 Å². The van der Waals surface area contributed by atoms with Gasteiger partial charge in [-0.15, -0.1) is 24.8 Å². The van der Waals surface area contributed by atoms with Gasteiger partial charge in [-0.25, -0.2) is 4.98 Å². The van der Waals surface area contributed by atoms with Gasteiger partial charge >= 0.3 is 5.97 Å². The summed E-state index contributed by atoms with van der Waals surface area (Å²) in [5.74, 6) is 1.56. The van der Waals surface area contributed by atoms with Crippen molar-refractivity contribution >= 4 is 30.8 Å². The van der Waals surface area contributed by atoms with E-state index in [-0.39, 0.29) is 24.8 Å². The highest BCUT2D eigenvalue weighted by molar-refractivity contribution is 5.85. The summed E-state index contributed by atoms with van der Waals surface area (Å²) in [6.45, 7) is 3.22. The van der Waals surface area contributed by atoms with E-state index in [9.17, 15) is 4.79 Å². The molecule has 0 amide bonds. The fourth-order valence-electron chi connectivity index (χ4n) is 6.21. The van der Waals surface area contributed by atoms with Gasteiger partial charge < -0.3 is 14.6 Å². The lowest BCUT2D eigenvalue weighted by Gasteiger charge is -2.28. The van der Waals surface area contributed by atoms with Gasteiger partial charge in [0.1, 0.15) is 5.82 Å². The van der Waals surface area contributed by atoms with Crippen molar-refractivity contribution in [2.45, 2.75) is 76.7 Å². The zero-order chi connectivity index (χ0) is 25.6. The van der Waals surface area contributed by atoms with Crippen LogP contribution in [0.1, 0.15) is 73.4 Å². The number of hydrogen-bond donors (Lipinski definition) is 1. The van der Waals surface area contributed by atoms with Crippen LogP contribution in [0, 0.1) is 5.92 Å². The summed E-state index contributed by atoms with van der Waals surface area (Å²) < 4.78 is 2.43. The molecule has 0 saturated heterocycles. The van der Waals surface area contributed by atoms with Gasteiger partial charge in [-0.2, -0.15) is 0 Å². The van der Waals surface area contributed by atoms with Crippen molar-refractivity contribution in [3.63, 3.8) is 0 Å². The van der Waals surface area contributed by atoms with E-state index in [1.807, 2.05) is 0 Å². The first-order chi connectivity index (χ1) is 18.0. The summed E-state index contributed by atoms with van der Waals surface area (Å²) in [6, 6.07) is 17.7. The van der Waals surface area contributed by atoms with E-state index in [2.05, 4.69) is 71.2 Å². The molecule has 5 rings (SSSR count). The van der Waals surface area contributed by atoms with Crippen molar-refractivity contribution in [1.29, 1.82) is 0 Å². The van der Waals surface area contributed by atoms with Gasteiger partial charge in [0, 0.05) is 43.7 Å². The molecule has 5 nitrogen and oxygen atoms in total. The second-order valence-electron chi connectivity index (χ2n) is 11.2.